The molecule has 1 aromatic rings. The average molecular weight is 223 g/mol. The molecule has 0 saturated carbocycles. The average Bonchev–Trinajstić information content (AvgIpc) is 2.18. The van der Waals surface area contributed by atoms with Gasteiger partial charge < -0.3 is 5.32 Å². The van der Waals surface area contributed by atoms with Gasteiger partial charge in [0, 0.05) is 16.5 Å². The summed E-state index contributed by atoms with van der Waals surface area (Å²) in [6.45, 7) is 4.13. The first-order valence-corrected chi connectivity index (χ1v) is 5.68. The van der Waals surface area contributed by atoms with Crippen LogP contribution in [0.25, 0.3) is 0 Å². The van der Waals surface area contributed by atoms with Crippen molar-refractivity contribution in [2.45, 2.75) is 37.6 Å². The molecule has 0 saturated heterocycles. The monoisotopic (exact) mass is 223 g/mol. The largest absolute Gasteiger partial charge is 0.350 e. The van der Waals surface area contributed by atoms with Crippen LogP contribution in [0.5, 0.6) is 0 Å². The van der Waals surface area contributed by atoms with Gasteiger partial charge in [0.1, 0.15) is 0 Å². The highest BCUT2D eigenvalue weighted by Gasteiger charge is 2.08. The van der Waals surface area contributed by atoms with Crippen molar-refractivity contribution in [1.29, 1.82) is 0 Å². The molecule has 0 radical (unpaired) electrons. The molecule has 1 N–H and O–H groups in total. The molecule has 0 aromatic heterocycles. The van der Waals surface area contributed by atoms with Gasteiger partial charge in [-0.25, -0.2) is 0 Å². The van der Waals surface area contributed by atoms with E-state index in [0.29, 0.717) is 5.56 Å². The fraction of sp³-hybridized carbons (Fsp3) is 0.417. The zero-order chi connectivity index (χ0) is 11.3. The van der Waals surface area contributed by atoms with Gasteiger partial charge in [0.05, 0.1) is 0 Å². The Bertz CT molecular complexity index is 338. The Balaban J connectivity index is 2.61. The van der Waals surface area contributed by atoms with Crippen LogP contribution in [0.1, 0.15) is 37.0 Å². The smallest absolute Gasteiger partial charge is 0.251 e. The molecule has 1 rings (SSSR count). The SMILES string of the molecule is CCCC(C)NC(=O)c1cccc(S)c1. The van der Waals surface area contributed by atoms with E-state index in [1.807, 2.05) is 19.1 Å². The summed E-state index contributed by atoms with van der Waals surface area (Å²) in [5.74, 6) is -0.0214. The van der Waals surface area contributed by atoms with Crippen molar-refractivity contribution in [2.24, 2.45) is 0 Å². The lowest BCUT2D eigenvalue weighted by Gasteiger charge is -2.12. The maximum atomic E-state index is 11.7. The molecule has 0 fully saturated rings. The molecule has 1 atom stereocenters. The molecule has 3 heteroatoms. The van der Waals surface area contributed by atoms with E-state index in [1.165, 1.54) is 0 Å². The van der Waals surface area contributed by atoms with Gasteiger partial charge in [-0.3, -0.25) is 4.79 Å². The Labute approximate surface area is 96.5 Å². The highest BCUT2D eigenvalue weighted by Crippen LogP contribution is 2.09. The number of carbonyl (C=O) groups excluding carboxylic acids is 1. The van der Waals surface area contributed by atoms with Crippen molar-refractivity contribution >= 4 is 18.5 Å². The van der Waals surface area contributed by atoms with E-state index in [1.54, 1.807) is 12.1 Å². The van der Waals surface area contributed by atoms with Crippen molar-refractivity contribution in [2.75, 3.05) is 0 Å². The second kappa shape index (κ2) is 5.81. The van der Waals surface area contributed by atoms with Crippen molar-refractivity contribution in [3.8, 4) is 0 Å². The van der Waals surface area contributed by atoms with Gasteiger partial charge in [-0.15, -0.1) is 12.6 Å². The first-order chi connectivity index (χ1) is 7.13. The van der Waals surface area contributed by atoms with Crippen molar-refractivity contribution in [3.63, 3.8) is 0 Å². The lowest BCUT2D eigenvalue weighted by molar-refractivity contribution is 0.0938. The van der Waals surface area contributed by atoms with Crippen LogP contribution in [-0.4, -0.2) is 11.9 Å². The standard InChI is InChI=1S/C12H17NOS/c1-3-5-9(2)13-12(14)10-6-4-7-11(15)8-10/h4,6-9,15H,3,5H2,1-2H3,(H,13,14). The summed E-state index contributed by atoms with van der Waals surface area (Å²) < 4.78 is 0. The molecule has 0 bridgehead atoms. The zero-order valence-electron chi connectivity index (χ0n) is 9.16. The van der Waals surface area contributed by atoms with E-state index in [-0.39, 0.29) is 11.9 Å². The van der Waals surface area contributed by atoms with Crippen LogP contribution in [-0.2, 0) is 0 Å². The molecule has 0 aliphatic carbocycles. The third-order valence-electron chi connectivity index (χ3n) is 2.21. The molecule has 1 unspecified atom stereocenters. The molecule has 82 valence electrons. The number of hydrogen-bond acceptors (Lipinski definition) is 2. The maximum absolute atomic E-state index is 11.7. The van der Waals surface area contributed by atoms with Crippen LogP contribution in [0.15, 0.2) is 29.2 Å². The molecule has 1 aromatic carbocycles. The molecular weight excluding hydrogens is 206 g/mol. The number of hydrogen-bond donors (Lipinski definition) is 2. The minimum atomic E-state index is -0.0214. The molecule has 1 amide bonds. The van der Waals surface area contributed by atoms with Gasteiger partial charge >= 0.3 is 0 Å². The Morgan fingerprint density at radius 3 is 2.87 bits per heavy atom. The lowest BCUT2D eigenvalue weighted by atomic mass is 10.1. The molecule has 0 aliphatic rings. The summed E-state index contributed by atoms with van der Waals surface area (Å²) in [6, 6.07) is 7.49. The number of thiol groups is 1. The Kier molecular flexibility index (Phi) is 4.69. The minimum Gasteiger partial charge on any atom is -0.350 e. The van der Waals surface area contributed by atoms with E-state index in [9.17, 15) is 4.79 Å². The van der Waals surface area contributed by atoms with Gasteiger partial charge in [0.2, 0.25) is 0 Å². The van der Waals surface area contributed by atoms with E-state index in [2.05, 4.69) is 24.9 Å². The second-order valence-corrected chi connectivity index (χ2v) is 4.23. The number of amides is 1. The Morgan fingerprint density at radius 1 is 1.53 bits per heavy atom. The van der Waals surface area contributed by atoms with E-state index in [0.717, 1.165) is 17.7 Å². The van der Waals surface area contributed by atoms with Gasteiger partial charge in [-0.05, 0) is 31.5 Å². The Morgan fingerprint density at radius 2 is 2.27 bits per heavy atom. The van der Waals surface area contributed by atoms with Gasteiger partial charge in [0.15, 0.2) is 0 Å². The first-order valence-electron chi connectivity index (χ1n) is 5.23. The van der Waals surface area contributed by atoms with Crippen molar-refractivity contribution in [3.05, 3.63) is 29.8 Å². The molecule has 15 heavy (non-hydrogen) atoms. The predicted octanol–water partition coefficient (Wildman–Crippen LogP) is 2.89. The normalized spacial score (nSPS) is 12.2. The van der Waals surface area contributed by atoms with Crippen LogP contribution in [0.3, 0.4) is 0 Å². The number of benzene rings is 1. The van der Waals surface area contributed by atoms with Crippen LogP contribution in [0.4, 0.5) is 0 Å². The third-order valence-corrected chi connectivity index (χ3v) is 2.49. The number of carbonyl (C=O) groups is 1. The van der Waals surface area contributed by atoms with Crippen LogP contribution in [0.2, 0.25) is 0 Å². The fourth-order valence-electron chi connectivity index (χ4n) is 1.46. The Hall–Kier alpha value is -0.960. The van der Waals surface area contributed by atoms with Gasteiger partial charge in [-0.2, -0.15) is 0 Å². The van der Waals surface area contributed by atoms with Crippen LogP contribution < -0.4 is 5.32 Å². The highest BCUT2D eigenvalue weighted by molar-refractivity contribution is 7.80. The van der Waals surface area contributed by atoms with E-state index >= 15 is 0 Å². The fourth-order valence-corrected chi connectivity index (χ4v) is 1.68. The van der Waals surface area contributed by atoms with E-state index in [4.69, 9.17) is 0 Å². The van der Waals surface area contributed by atoms with Crippen molar-refractivity contribution < 1.29 is 4.79 Å². The topological polar surface area (TPSA) is 29.1 Å². The molecule has 0 aliphatic heterocycles. The minimum absolute atomic E-state index is 0.0214. The van der Waals surface area contributed by atoms with Crippen molar-refractivity contribution in [1.82, 2.24) is 5.32 Å². The van der Waals surface area contributed by atoms with Crippen LogP contribution in [0, 0.1) is 0 Å². The molecular formula is C12H17NOS. The summed E-state index contributed by atoms with van der Waals surface area (Å²) in [7, 11) is 0. The molecule has 0 spiro atoms. The van der Waals surface area contributed by atoms with Gasteiger partial charge in [0.25, 0.3) is 5.91 Å². The molecule has 2 nitrogen and oxygen atoms in total. The zero-order valence-corrected chi connectivity index (χ0v) is 10.1. The summed E-state index contributed by atoms with van der Waals surface area (Å²) in [6.07, 6.45) is 2.08. The number of rotatable bonds is 4. The maximum Gasteiger partial charge on any atom is 0.251 e. The second-order valence-electron chi connectivity index (χ2n) is 3.71. The van der Waals surface area contributed by atoms with Gasteiger partial charge in [-0.1, -0.05) is 19.4 Å². The summed E-state index contributed by atoms with van der Waals surface area (Å²) in [4.78, 5) is 12.5. The van der Waals surface area contributed by atoms with Crippen LogP contribution >= 0.6 is 12.6 Å². The predicted molar refractivity (Wildman–Crippen MR) is 65.5 cm³/mol. The summed E-state index contributed by atoms with van der Waals surface area (Å²) in [5.41, 5.74) is 0.672. The summed E-state index contributed by atoms with van der Waals surface area (Å²) >= 11 is 4.20. The first kappa shape index (κ1) is 12.1. The van der Waals surface area contributed by atoms with E-state index < -0.39 is 0 Å². The summed E-state index contributed by atoms with van der Waals surface area (Å²) in [5, 5.41) is 2.95. The lowest BCUT2D eigenvalue weighted by Crippen LogP contribution is -2.32. The highest BCUT2D eigenvalue weighted by atomic mass is 32.1. The quantitative estimate of drug-likeness (QED) is 0.755. The molecule has 0 heterocycles. The third kappa shape index (κ3) is 3.96. The number of nitrogens with one attached hydrogen (secondary N) is 1.